The molecule has 1 rings (SSSR count). The first-order valence-electron chi connectivity index (χ1n) is 5.53. The largest absolute Gasteiger partial charge is 0.636 e. The molecule has 1 aliphatic rings. The van der Waals surface area contributed by atoms with Crippen LogP contribution in [-0.4, -0.2) is 61.4 Å². The van der Waals surface area contributed by atoms with Crippen LogP contribution in [0.25, 0.3) is 5.32 Å². The molecule has 0 amide bonds. The van der Waals surface area contributed by atoms with Gasteiger partial charge >= 0.3 is 0 Å². The Morgan fingerprint density at radius 3 is 2.56 bits per heavy atom. The fourth-order valence-electron chi connectivity index (χ4n) is 1.37. The smallest absolute Gasteiger partial charge is 0.289 e. The predicted octanol–water partition coefficient (Wildman–Crippen LogP) is 1.46. The van der Waals surface area contributed by atoms with Gasteiger partial charge in [0.25, 0.3) is 5.97 Å². The number of hydrogen-bond acceptors (Lipinski definition) is 3. The Labute approximate surface area is 102 Å². The van der Waals surface area contributed by atoms with Crippen LogP contribution in [0.3, 0.4) is 0 Å². The number of likely N-dealkylation sites (N-methyl/N-ethyl adjacent to an activating group) is 1. The molecule has 5 heteroatoms. The van der Waals surface area contributed by atoms with Gasteiger partial charge in [-0.1, -0.05) is 18.7 Å². The minimum Gasteiger partial charge on any atom is -0.636 e. The summed E-state index contributed by atoms with van der Waals surface area (Å²) in [4.78, 5) is 11.5. The molecule has 4 nitrogen and oxygen atoms in total. The van der Waals surface area contributed by atoms with Crippen molar-refractivity contribution in [2.75, 3.05) is 40.0 Å². The van der Waals surface area contributed by atoms with Crippen molar-refractivity contribution in [2.45, 2.75) is 24.8 Å². The molecule has 0 saturated carbocycles. The number of nitrogens with zero attached hydrogens (tertiary/aromatic N) is 2. The molecule has 0 bridgehead atoms. The Hall–Kier alpha value is -0.260. The van der Waals surface area contributed by atoms with Gasteiger partial charge in [0, 0.05) is 0 Å². The van der Waals surface area contributed by atoms with E-state index in [9.17, 15) is 4.79 Å². The van der Waals surface area contributed by atoms with Crippen molar-refractivity contribution in [1.82, 2.24) is 0 Å². The van der Waals surface area contributed by atoms with E-state index in [2.05, 4.69) is 26.5 Å². The Kier molecular flexibility index (Phi) is 4.26. The van der Waals surface area contributed by atoms with Crippen LogP contribution in [0.1, 0.15) is 13.8 Å². The molecule has 0 aromatic heterocycles. The van der Waals surface area contributed by atoms with Gasteiger partial charge in [0.05, 0.1) is 21.1 Å². The molecular formula is C11H22N2O2S. The summed E-state index contributed by atoms with van der Waals surface area (Å²) in [7, 11) is 6.23. The quantitative estimate of drug-likeness (QED) is 0.557. The van der Waals surface area contributed by atoms with Gasteiger partial charge in [-0.2, -0.15) is 11.8 Å². The highest BCUT2D eigenvalue weighted by molar-refractivity contribution is 8.01. The van der Waals surface area contributed by atoms with Crippen molar-refractivity contribution < 1.29 is 14.0 Å². The number of hydrogen-bond donors (Lipinski definition) is 0. The van der Waals surface area contributed by atoms with Gasteiger partial charge in [-0.25, -0.2) is 0 Å². The first kappa shape index (κ1) is 13.8. The van der Waals surface area contributed by atoms with Crippen LogP contribution in [-0.2, 0) is 9.53 Å². The van der Waals surface area contributed by atoms with Gasteiger partial charge in [-0.3, -0.25) is 4.79 Å². The van der Waals surface area contributed by atoms with Gasteiger partial charge in [-0.05, 0) is 11.8 Å². The van der Waals surface area contributed by atoms with E-state index >= 15 is 0 Å². The SMILES string of the molecule is CC1(C)[N-][C@H](C(=O)OCC[N+](C)(C)C)CS1. The van der Waals surface area contributed by atoms with Gasteiger partial charge < -0.3 is 14.5 Å². The maximum Gasteiger partial charge on any atom is 0.289 e. The zero-order chi connectivity index (χ0) is 12.4. The van der Waals surface area contributed by atoms with Gasteiger partial charge in [0.15, 0.2) is 0 Å². The highest BCUT2D eigenvalue weighted by atomic mass is 32.2. The fourth-order valence-corrected chi connectivity index (χ4v) is 2.35. The summed E-state index contributed by atoms with van der Waals surface area (Å²) in [6.45, 7) is 5.35. The minimum absolute atomic E-state index is 0.135. The second-order valence-electron chi connectivity index (χ2n) is 5.58. The molecule has 1 saturated heterocycles. The first-order chi connectivity index (χ1) is 7.20. The molecule has 1 fully saturated rings. The lowest BCUT2D eigenvalue weighted by molar-refractivity contribution is -0.870. The third-order valence-corrected chi connectivity index (χ3v) is 3.63. The van der Waals surface area contributed by atoms with Crippen LogP contribution in [0.2, 0.25) is 0 Å². The summed E-state index contributed by atoms with van der Waals surface area (Å²) in [5.41, 5.74) is 0. The molecule has 16 heavy (non-hydrogen) atoms. The molecule has 1 atom stereocenters. The number of ether oxygens (including phenoxy) is 1. The zero-order valence-corrected chi connectivity index (χ0v) is 11.6. The third-order valence-electron chi connectivity index (χ3n) is 2.34. The highest BCUT2D eigenvalue weighted by Gasteiger charge is 2.24. The van der Waals surface area contributed by atoms with Gasteiger partial charge in [0.2, 0.25) is 0 Å². The average Bonchev–Trinajstić information content (AvgIpc) is 2.43. The van der Waals surface area contributed by atoms with E-state index in [1.54, 1.807) is 11.8 Å². The summed E-state index contributed by atoms with van der Waals surface area (Å²) in [6.07, 6.45) is 0. The molecular weight excluding hydrogens is 224 g/mol. The van der Waals surface area contributed by atoms with E-state index in [1.807, 2.05) is 13.8 Å². The highest BCUT2D eigenvalue weighted by Crippen LogP contribution is 2.40. The first-order valence-corrected chi connectivity index (χ1v) is 6.51. The summed E-state index contributed by atoms with van der Waals surface area (Å²) >= 11 is 1.70. The molecule has 0 aliphatic carbocycles. The fraction of sp³-hybridized carbons (Fsp3) is 0.909. The molecule has 0 aromatic carbocycles. The normalized spacial score (nSPS) is 24.4. The van der Waals surface area contributed by atoms with Crippen molar-refractivity contribution in [3.8, 4) is 0 Å². The summed E-state index contributed by atoms with van der Waals surface area (Å²) in [5.74, 6) is 0.572. The summed E-state index contributed by atoms with van der Waals surface area (Å²) in [5, 5.41) is 4.42. The molecule has 0 radical (unpaired) electrons. The molecule has 94 valence electrons. The second-order valence-corrected chi connectivity index (χ2v) is 7.21. The average molecular weight is 246 g/mol. The number of carbonyl (C=O) groups excluding carboxylic acids is 1. The van der Waals surface area contributed by atoms with E-state index in [-0.39, 0.29) is 16.9 Å². The van der Waals surface area contributed by atoms with Crippen LogP contribution in [0.4, 0.5) is 0 Å². The van der Waals surface area contributed by atoms with E-state index in [1.165, 1.54) is 0 Å². The molecule has 0 N–H and O–H groups in total. The van der Waals surface area contributed by atoms with E-state index in [4.69, 9.17) is 4.74 Å². The van der Waals surface area contributed by atoms with Crippen molar-refractivity contribution in [3.05, 3.63) is 5.32 Å². The zero-order valence-electron chi connectivity index (χ0n) is 10.8. The summed E-state index contributed by atoms with van der Waals surface area (Å²) < 4.78 is 6.03. The van der Waals surface area contributed by atoms with Crippen LogP contribution in [0.5, 0.6) is 0 Å². The molecule has 1 heterocycles. The number of esters is 1. The molecule has 0 aromatic rings. The number of rotatable bonds is 4. The Morgan fingerprint density at radius 1 is 1.50 bits per heavy atom. The van der Waals surface area contributed by atoms with Gasteiger partial charge in [0.1, 0.15) is 13.2 Å². The van der Waals surface area contributed by atoms with Crippen molar-refractivity contribution >= 4 is 17.7 Å². The van der Waals surface area contributed by atoms with Crippen LogP contribution < -0.4 is 0 Å². The number of thioether (sulfide) groups is 1. The van der Waals surface area contributed by atoms with Crippen LogP contribution in [0.15, 0.2) is 0 Å². The Balaban J connectivity index is 2.27. The monoisotopic (exact) mass is 246 g/mol. The van der Waals surface area contributed by atoms with Crippen molar-refractivity contribution in [2.24, 2.45) is 0 Å². The lowest BCUT2D eigenvalue weighted by Crippen LogP contribution is -2.38. The van der Waals surface area contributed by atoms with E-state index < -0.39 is 0 Å². The van der Waals surface area contributed by atoms with Crippen LogP contribution >= 0.6 is 11.8 Å². The molecule has 1 aliphatic heterocycles. The van der Waals surface area contributed by atoms with Crippen LogP contribution in [0, 0.1) is 0 Å². The number of quaternary nitrogens is 1. The summed E-state index contributed by atoms with van der Waals surface area (Å²) in [6, 6.07) is -0.271. The van der Waals surface area contributed by atoms with Gasteiger partial charge in [-0.15, -0.1) is 0 Å². The predicted molar refractivity (Wildman–Crippen MR) is 67.5 cm³/mol. The Bertz CT molecular complexity index is 261. The number of carbonyl (C=O) groups is 1. The lowest BCUT2D eigenvalue weighted by atomic mass is 10.3. The minimum atomic E-state index is -0.271. The van der Waals surface area contributed by atoms with Crippen molar-refractivity contribution in [3.63, 3.8) is 0 Å². The topological polar surface area (TPSA) is 40.4 Å². The third kappa shape index (κ3) is 4.72. The maximum absolute atomic E-state index is 11.7. The standard InChI is InChI=1S/C11H22N2O2S/c1-11(2)12-9(8-16-11)10(14)15-7-6-13(3,4)5/h9H,6-8H2,1-5H3/t9-/m0/s1. The molecule has 0 unspecified atom stereocenters. The maximum atomic E-state index is 11.7. The molecule has 0 spiro atoms. The van der Waals surface area contributed by atoms with E-state index in [0.717, 1.165) is 16.8 Å². The second kappa shape index (κ2) is 4.94. The Morgan fingerprint density at radius 2 is 2.12 bits per heavy atom. The van der Waals surface area contributed by atoms with E-state index in [0.29, 0.717) is 6.61 Å². The van der Waals surface area contributed by atoms with Crippen molar-refractivity contribution in [1.29, 1.82) is 0 Å². The lowest BCUT2D eigenvalue weighted by Gasteiger charge is -2.34.